The molecule has 4 bridgehead atoms. The van der Waals surface area contributed by atoms with Gasteiger partial charge in [0.05, 0.1) is 13.0 Å². The zero-order chi connectivity index (χ0) is 29.8. The molecular formula is C29H42N4O5S3. The van der Waals surface area contributed by atoms with Crippen LogP contribution in [0, 0.1) is 5.92 Å². The molecule has 0 aliphatic carbocycles. The first kappa shape index (κ1) is 33.3. The Bertz CT molecular complexity index is 1140. The number of ether oxygens (including phenoxy) is 1. The maximum atomic E-state index is 13.3. The standard InChI is InChI=1S/C29H42N4O5S3/c1-5-6-7-8-9-13-24(35)39-14-11-10-12-20-15-22(34)30-16-23-31-21(17-40-23)26-33-29(4,18-41-26)28(37)32-25(19(2)3)27(36)38-20/h10,12,17,19-20,25H,5-9,11,13-16,18H2,1-4H3,(H,30,34)(H,32,37)/b12-10+/t20-,25+,29-/m1/s1. The molecule has 2 aliphatic rings. The van der Waals surface area contributed by atoms with Crippen molar-refractivity contribution in [1.29, 1.82) is 0 Å². The molecule has 3 rings (SSSR count). The van der Waals surface area contributed by atoms with Gasteiger partial charge in [-0.1, -0.05) is 64.3 Å². The van der Waals surface area contributed by atoms with Crippen molar-refractivity contribution in [2.45, 2.75) is 103 Å². The minimum absolute atomic E-state index is 0.0661. The van der Waals surface area contributed by atoms with Crippen LogP contribution in [0.4, 0.5) is 0 Å². The number of cyclic esters (lactones) is 1. The second-order valence-electron chi connectivity index (χ2n) is 10.9. The summed E-state index contributed by atoms with van der Waals surface area (Å²) < 4.78 is 5.77. The van der Waals surface area contributed by atoms with Gasteiger partial charge in [-0.2, -0.15) is 0 Å². The van der Waals surface area contributed by atoms with Gasteiger partial charge in [-0.25, -0.2) is 9.78 Å². The van der Waals surface area contributed by atoms with E-state index < -0.39 is 23.7 Å². The number of thioether (sulfide) groups is 2. The molecule has 2 N–H and O–H groups in total. The SMILES string of the molecule is CCCCCCCC(=O)SCC/C=C/[C@@H]1CC(=O)NCc2nc(cs2)C2=N[C@](C)(CS2)C(=O)N[C@@H](C(C)C)C(=O)O1. The van der Waals surface area contributed by atoms with E-state index in [4.69, 9.17) is 4.74 Å². The van der Waals surface area contributed by atoms with Crippen LogP contribution >= 0.6 is 34.9 Å². The Balaban J connectivity index is 1.66. The number of aliphatic imine (C=N–C) groups is 1. The van der Waals surface area contributed by atoms with Crippen molar-refractivity contribution in [1.82, 2.24) is 15.6 Å². The average Bonchev–Trinajstić information content (AvgIpc) is 3.56. The summed E-state index contributed by atoms with van der Waals surface area (Å²) in [6, 6.07) is -0.896. The third kappa shape index (κ3) is 10.6. The van der Waals surface area contributed by atoms with Crippen LogP contribution in [0.5, 0.6) is 0 Å². The van der Waals surface area contributed by atoms with Gasteiger partial charge in [-0.15, -0.1) is 23.1 Å². The molecule has 0 saturated heterocycles. The van der Waals surface area contributed by atoms with Gasteiger partial charge in [0, 0.05) is 23.3 Å². The number of amides is 2. The molecule has 0 aromatic carbocycles. The smallest absolute Gasteiger partial charge is 0.329 e. The molecule has 1 aromatic heterocycles. The van der Waals surface area contributed by atoms with Crippen molar-refractivity contribution in [2.75, 3.05) is 11.5 Å². The van der Waals surface area contributed by atoms with E-state index in [0.717, 1.165) is 17.8 Å². The van der Waals surface area contributed by atoms with Gasteiger partial charge in [0.25, 0.3) is 0 Å². The fraction of sp³-hybridized carbons (Fsp3) is 0.655. The summed E-state index contributed by atoms with van der Waals surface area (Å²) >= 11 is 4.18. The van der Waals surface area contributed by atoms with Crippen molar-refractivity contribution >= 4 is 62.8 Å². The molecule has 0 spiro atoms. The van der Waals surface area contributed by atoms with Gasteiger partial charge < -0.3 is 15.4 Å². The third-order valence-electron chi connectivity index (χ3n) is 6.78. The Morgan fingerprint density at radius 3 is 2.78 bits per heavy atom. The van der Waals surface area contributed by atoms with Crippen LogP contribution in [0.2, 0.25) is 0 Å². The molecule has 3 heterocycles. The number of aromatic nitrogens is 1. The number of carbonyl (C=O) groups excluding carboxylic acids is 4. The van der Waals surface area contributed by atoms with E-state index in [9.17, 15) is 19.2 Å². The summed E-state index contributed by atoms with van der Waals surface area (Å²) in [5.41, 5.74) is -0.354. The first-order valence-electron chi connectivity index (χ1n) is 14.4. The van der Waals surface area contributed by atoms with Crippen LogP contribution in [-0.4, -0.2) is 62.1 Å². The van der Waals surface area contributed by atoms with E-state index in [-0.39, 0.29) is 35.8 Å². The normalized spacial score (nSPS) is 23.8. The second kappa shape index (κ2) is 16.5. The number of nitrogens with one attached hydrogen (secondary N) is 2. The van der Waals surface area contributed by atoms with Gasteiger partial charge in [0.15, 0.2) is 5.12 Å². The number of carbonyl (C=O) groups is 4. The molecule has 2 amide bonds. The van der Waals surface area contributed by atoms with E-state index in [0.29, 0.717) is 35.1 Å². The molecular weight excluding hydrogens is 581 g/mol. The van der Waals surface area contributed by atoms with E-state index in [1.807, 2.05) is 25.3 Å². The lowest BCUT2D eigenvalue weighted by Gasteiger charge is -2.27. The lowest BCUT2D eigenvalue weighted by molar-refractivity contribution is -0.153. The monoisotopic (exact) mass is 622 g/mol. The molecule has 0 unspecified atom stereocenters. The molecule has 226 valence electrons. The Labute approximate surface area is 255 Å². The van der Waals surface area contributed by atoms with E-state index in [2.05, 4.69) is 27.5 Å². The molecule has 2 aliphatic heterocycles. The molecule has 0 fully saturated rings. The van der Waals surface area contributed by atoms with E-state index >= 15 is 0 Å². The zero-order valence-electron chi connectivity index (χ0n) is 24.4. The molecule has 1 aromatic rings. The number of fused-ring (bicyclic) bond motifs is 4. The summed E-state index contributed by atoms with van der Waals surface area (Å²) in [6.07, 6.45) is 9.42. The largest absolute Gasteiger partial charge is 0.456 e. The van der Waals surface area contributed by atoms with Crippen LogP contribution < -0.4 is 10.6 Å². The summed E-state index contributed by atoms with van der Waals surface area (Å²) in [6.45, 7) is 7.83. The number of unbranched alkanes of at least 4 members (excludes halogenated alkanes) is 4. The molecule has 9 nitrogen and oxygen atoms in total. The first-order valence-corrected chi connectivity index (χ1v) is 17.2. The number of nitrogens with zero attached hydrogens (tertiary/aromatic N) is 2. The van der Waals surface area contributed by atoms with Crippen LogP contribution in [-0.2, 0) is 30.5 Å². The van der Waals surface area contributed by atoms with Crippen LogP contribution in [0.1, 0.15) is 89.8 Å². The molecule has 0 radical (unpaired) electrons. The number of hydrogen-bond acceptors (Lipinski definition) is 10. The number of rotatable bonds is 11. The first-order chi connectivity index (χ1) is 19.6. The Morgan fingerprint density at radius 2 is 2.02 bits per heavy atom. The molecule has 0 saturated carbocycles. The predicted molar refractivity (Wildman–Crippen MR) is 167 cm³/mol. The van der Waals surface area contributed by atoms with Gasteiger partial charge in [-0.05, 0) is 31.8 Å². The Morgan fingerprint density at radius 1 is 1.24 bits per heavy atom. The van der Waals surface area contributed by atoms with E-state index in [1.165, 1.54) is 54.1 Å². The lowest BCUT2D eigenvalue weighted by Crippen LogP contribution is -2.53. The number of allylic oxidation sites excluding steroid dienone is 1. The van der Waals surface area contributed by atoms with Crippen LogP contribution in [0.3, 0.4) is 0 Å². The van der Waals surface area contributed by atoms with Crippen LogP contribution in [0.15, 0.2) is 22.5 Å². The highest BCUT2D eigenvalue weighted by Crippen LogP contribution is 2.32. The third-order valence-corrected chi connectivity index (χ3v) is 9.87. The second-order valence-corrected chi connectivity index (χ2v) is 13.9. The minimum Gasteiger partial charge on any atom is -0.456 e. The van der Waals surface area contributed by atoms with Crippen molar-refractivity contribution in [3.63, 3.8) is 0 Å². The van der Waals surface area contributed by atoms with Crippen molar-refractivity contribution in [3.8, 4) is 0 Å². The molecule has 12 heteroatoms. The summed E-state index contributed by atoms with van der Waals surface area (Å²) in [5.74, 6) is -0.424. The van der Waals surface area contributed by atoms with Gasteiger partial charge >= 0.3 is 5.97 Å². The molecule has 41 heavy (non-hydrogen) atoms. The van der Waals surface area contributed by atoms with Gasteiger partial charge in [-0.3, -0.25) is 19.4 Å². The minimum atomic E-state index is -1.04. The molecule has 3 atom stereocenters. The predicted octanol–water partition coefficient (Wildman–Crippen LogP) is 5.03. The van der Waals surface area contributed by atoms with Crippen LogP contribution in [0.25, 0.3) is 0 Å². The van der Waals surface area contributed by atoms with Crippen molar-refractivity contribution in [3.05, 3.63) is 28.2 Å². The van der Waals surface area contributed by atoms with Crippen molar-refractivity contribution < 1.29 is 23.9 Å². The maximum Gasteiger partial charge on any atom is 0.329 e. The Kier molecular flexibility index (Phi) is 13.4. The Hall–Kier alpha value is -2.18. The fourth-order valence-electron chi connectivity index (χ4n) is 4.26. The fourth-order valence-corrected chi connectivity index (χ4v) is 6.96. The topological polar surface area (TPSA) is 127 Å². The lowest BCUT2D eigenvalue weighted by atomic mass is 10.0. The maximum absolute atomic E-state index is 13.3. The summed E-state index contributed by atoms with van der Waals surface area (Å²) in [7, 11) is 0. The highest BCUT2D eigenvalue weighted by molar-refractivity contribution is 8.14. The quantitative estimate of drug-likeness (QED) is 0.200. The number of esters is 1. The van der Waals surface area contributed by atoms with E-state index in [1.54, 1.807) is 13.0 Å². The van der Waals surface area contributed by atoms with Crippen molar-refractivity contribution in [2.24, 2.45) is 10.9 Å². The average molecular weight is 623 g/mol. The highest BCUT2D eigenvalue weighted by Gasteiger charge is 2.41. The summed E-state index contributed by atoms with van der Waals surface area (Å²) in [4.78, 5) is 60.7. The van der Waals surface area contributed by atoms with Gasteiger partial charge in [0.2, 0.25) is 11.8 Å². The number of hydrogen-bond donors (Lipinski definition) is 2. The summed E-state index contributed by atoms with van der Waals surface area (Å²) in [5, 5.41) is 9.17. The zero-order valence-corrected chi connectivity index (χ0v) is 26.9. The highest BCUT2D eigenvalue weighted by atomic mass is 32.2. The van der Waals surface area contributed by atoms with Gasteiger partial charge in [0.1, 0.15) is 33.4 Å². The number of thiazole rings is 1.